The van der Waals surface area contributed by atoms with E-state index in [2.05, 4.69) is 16.0 Å². The summed E-state index contributed by atoms with van der Waals surface area (Å²) in [6.45, 7) is 6.61. The van der Waals surface area contributed by atoms with Crippen molar-refractivity contribution in [2.75, 3.05) is 23.7 Å². The maximum atomic E-state index is 6.09. The minimum Gasteiger partial charge on any atom is -0.472 e. The van der Waals surface area contributed by atoms with Crippen LogP contribution in [0.15, 0.2) is 30.3 Å². The van der Waals surface area contributed by atoms with Gasteiger partial charge < -0.3 is 15.4 Å². The van der Waals surface area contributed by atoms with E-state index >= 15 is 0 Å². The number of nitrogen functional groups attached to an aromatic ring is 1. The lowest BCUT2D eigenvalue weighted by molar-refractivity contribution is 0.292. The third-order valence-electron chi connectivity index (χ3n) is 3.52. The monoisotopic (exact) mass is 269 g/mol. The van der Waals surface area contributed by atoms with E-state index in [0.717, 1.165) is 35.6 Å². The minimum absolute atomic E-state index is 0.454. The van der Waals surface area contributed by atoms with E-state index in [1.54, 1.807) is 0 Å². The molecule has 0 aliphatic carbocycles. The maximum absolute atomic E-state index is 6.09. The number of anilines is 2. The molecule has 0 atom stereocenters. The molecule has 1 aromatic carbocycles. The molecule has 1 aromatic heterocycles. The van der Waals surface area contributed by atoms with Gasteiger partial charge in [-0.25, -0.2) is 4.98 Å². The van der Waals surface area contributed by atoms with E-state index in [1.165, 1.54) is 5.69 Å². The Balaban J connectivity index is 1.83. The third-order valence-corrected chi connectivity index (χ3v) is 3.52. The number of pyridine rings is 1. The highest BCUT2D eigenvalue weighted by Crippen LogP contribution is 2.31. The summed E-state index contributed by atoms with van der Waals surface area (Å²) in [6.07, 6.45) is 0. The van der Waals surface area contributed by atoms with Crippen molar-refractivity contribution >= 4 is 11.4 Å². The van der Waals surface area contributed by atoms with Crippen LogP contribution in [0.2, 0.25) is 0 Å². The van der Waals surface area contributed by atoms with Crippen LogP contribution in [0.3, 0.4) is 0 Å². The first kappa shape index (κ1) is 12.8. The highest BCUT2D eigenvalue weighted by molar-refractivity contribution is 5.67. The number of hydrogen-bond donors (Lipinski definition) is 1. The van der Waals surface area contributed by atoms with E-state index in [4.69, 9.17) is 10.5 Å². The molecule has 2 heterocycles. The van der Waals surface area contributed by atoms with Gasteiger partial charge in [-0.3, -0.25) is 0 Å². The van der Waals surface area contributed by atoms with Crippen molar-refractivity contribution in [1.29, 1.82) is 0 Å². The van der Waals surface area contributed by atoms with Crippen molar-refractivity contribution in [3.05, 3.63) is 47.2 Å². The predicted molar refractivity (Wildman–Crippen MR) is 81.1 cm³/mol. The van der Waals surface area contributed by atoms with E-state index in [1.807, 2.05) is 38.1 Å². The number of ether oxygens (including phenoxy) is 1. The molecule has 0 amide bonds. The molecule has 0 saturated carbocycles. The lowest BCUT2D eigenvalue weighted by Gasteiger charge is -2.15. The van der Waals surface area contributed by atoms with Crippen molar-refractivity contribution in [2.45, 2.75) is 20.5 Å². The number of aryl methyl sites for hydroxylation is 2. The largest absolute Gasteiger partial charge is 0.472 e. The Morgan fingerprint density at radius 1 is 1.20 bits per heavy atom. The first-order chi connectivity index (χ1) is 9.65. The van der Waals surface area contributed by atoms with Gasteiger partial charge in [-0.1, -0.05) is 12.1 Å². The summed E-state index contributed by atoms with van der Waals surface area (Å²) >= 11 is 0. The molecular formula is C16H19N3O. The van der Waals surface area contributed by atoms with Crippen LogP contribution >= 0.6 is 0 Å². The van der Waals surface area contributed by atoms with Crippen LogP contribution in [0.4, 0.5) is 11.4 Å². The molecule has 1 saturated heterocycles. The smallest absolute Gasteiger partial charge is 0.216 e. The van der Waals surface area contributed by atoms with Crippen LogP contribution in [-0.4, -0.2) is 18.1 Å². The van der Waals surface area contributed by atoms with Crippen molar-refractivity contribution in [1.82, 2.24) is 4.98 Å². The van der Waals surface area contributed by atoms with Crippen LogP contribution in [0.1, 0.15) is 16.8 Å². The van der Waals surface area contributed by atoms with Crippen molar-refractivity contribution in [3.8, 4) is 5.88 Å². The fourth-order valence-corrected chi connectivity index (χ4v) is 2.23. The van der Waals surface area contributed by atoms with E-state index < -0.39 is 0 Å². The fraction of sp³-hybridized carbons (Fsp3) is 0.312. The number of nitrogens with zero attached hydrogens (tertiary/aromatic N) is 2. The summed E-state index contributed by atoms with van der Waals surface area (Å²) in [6, 6.07) is 10.0. The fourth-order valence-electron chi connectivity index (χ4n) is 2.23. The van der Waals surface area contributed by atoms with Crippen LogP contribution in [0.5, 0.6) is 5.88 Å². The molecule has 2 N–H and O–H groups in total. The number of benzene rings is 1. The predicted octanol–water partition coefficient (Wildman–Crippen LogP) is 2.68. The average molecular weight is 269 g/mol. The molecule has 2 aromatic rings. The standard InChI is InChI=1S/C16H19N3O/c1-11-6-7-12(2)18-16(11)20-10-13-14(17)4-3-5-15(13)19-8-9-19/h3-7H,8-10,17H2,1-2H3. The highest BCUT2D eigenvalue weighted by atomic mass is 16.5. The van der Waals surface area contributed by atoms with Gasteiger partial charge in [-0.05, 0) is 32.0 Å². The second-order valence-electron chi connectivity index (χ2n) is 5.20. The Morgan fingerprint density at radius 3 is 2.75 bits per heavy atom. The van der Waals surface area contributed by atoms with Crippen LogP contribution in [0.25, 0.3) is 0 Å². The van der Waals surface area contributed by atoms with Crippen molar-refractivity contribution < 1.29 is 4.74 Å². The highest BCUT2D eigenvalue weighted by Gasteiger charge is 2.22. The molecule has 0 bridgehead atoms. The van der Waals surface area contributed by atoms with Gasteiger partial charge >= 0.3 is 0 Å². The lowest BCUT2D eigenvalue weighted by atomic mass is 10.1. The topological polar surface area (TPSA) is 51.1 Å². The zero-order valence-corrected chi connectivity index (χ0v) is 11.9. The SMILES string of the molecule is Cc1ccc(C)c(OCc2c(N)cccc2N2CC2)n1. The molecule has 4 heteroatoms. The Kier molecular flexibility index (Phi) is 3.22. The molecule has 1 fully saturated rings. The van der Waals surface area contributed by atoms with Gasteiger partial charge in [0.2, 0.25) is 5.88 Å². The first-order valence-corrected chi connectivity index (χ1v) is 6.84. The number of hydrogen-bond acceptors (Lipinski definition) is 4. The van der Waals surface area contributed by atoms with Gasteiger partial charge in [0, 0.05) is 41.3 Å². The van der Waals surface area contributed by atoms with Gasteiger partial charge in [-0.15, -0.1) is 0 Å². The molecule has 20 heavy (non-hydrogen) atoms. The Bertz CT molecular complexity index is 636. The average Bonchev–Trinajstić information content (AvgIpc) is 3.25. The van der Waals surface area contributed by atoms with Gasteiger partial charge in [0.25, 0.3) is 0 Å². The number of rotatable bonds is 4. The zero-order valence-electron chi connectivity index (χ0n) is 11.9. The molecule has 4 nitrogen and oxygen atoms in total. The lowest BCUT2D eigenvalue weighted by Crippen LogP contribution is -2.07. The first-order valence-electron chi connectivity index (χ1n) is 6.84. The van der Waals surface area contributed by atoms with Crippen molar-refractivity contribution in [2.24, 2.45) is 0 Å². The third kappa shape index (κ3) is 2.54. The number of aromatic nitrogens is 1. The quantitative estimate of drug-likeness (QED) is 0.685. The second kappa shape index (κ2) is 5.04. The Labute approximate surface area is 119 Å². The van der Waals surface area contributed by atoms with Gasteiger partial charge in [0.1, 0.15) is 6.61 Å². The molecule has 0 unspecified atom stereocenters. The summed E-state index contributed by atoms with van der Waals surface area (Å²) in [4.78, 5) is 6.71. The molecule has 3 rings (SSSR count). The van der Waals surface area contributed by atoms with E-state index in [-0.39, 0.29) is 0 Å². The molecule has 1 aliphatic rings. The molecule has 1 aliphatic heterocycles. The minimum atomic E-state index is 0.454. The summed E-state index contributed by atoms with van der Waals surface area (Å²) < 4.78 is 5.89. The summed E-state index contributed by atoms with van der Waals surface area (Å²) in [7, 11) is 0. The molecule has 104 valence electrons. The van der Waals surface area contributed by atoms with E-state index in [9.17, 15) is 0 Å². The second-order valence-corrected chi connectivity index (χ2v) is 5.20. The summed E-state index contributed by atoms with van der Waals surface area (Å²) in [5, 5.41) is 0. The van der Waals surface area contributed by atoms with Gasteiger partial charge in [0.15, 0.2) is 0 Å². The van der Waals surface area contributed by atoms with Crippen LogP contribution < -0.4 is 15.4 Å². The normalized spacial score (nSPS) is 13.4. The van der Waals surface area contributed by atoms with E-state index in [0.29, 0.717) is 12.5 Å². The maximum Gasteiger partial charge on any atom is 0.216 e. The van der Waals surface area contributed by atoms with Crippen molar-refractivity contribution in [3.63, 3.8) is 0 Å². The molecular weight excluding hydrogens is 250 g/mol. The summed E-state index contributed by atoms with van der Waals surface area (Å²) in [5.74, 6) is 0.685. The van der Waals surface area contributed by atoms with Crippen LogP contribution in [0, 0.1) is 13.8 Å². The molecule has 0 spiro atoms. The molecule has 0 radical (unpaired) electrons. The van der Waals surface area contributed by atoms with Gasteiger partial charge in [0.05, 0.1) is 0 Å². The Morgan fingerprint density at radius 2 is 2.00 bits per heavy atom. The van der Waals surface area contributed by atoms with Gasteiger partial charge in [-0.2, -0.15) is 0 Å². The summed E-state index contributed by atoms with van der Waals surface area (Å²) in [5.41, 5.74) is 11.1. The number of nitrogens with two attached hydrogens (primary N) is 1. The van der Waals surface area contributed by atoms with Crippen LogP contribution in [-0.2, 0) is 6.61 Å². The zero-order chi connectivity index (χ0) is 14.1. The Hall–Kier alpha value is -2.23.